The molecule has 0 heterocycles. The second-order valence-electron chi connectivity index (χ2n) is 7.63. The summed E-state index contributed by atoms with van der Waals surface area (Å²) in [5.74, 6) is -2.68. The van der Waals surface area contributed by atoms with Crippen LogP contribution in [0.3, 0.4) is 0 Å². The number of nitrogens with one attached hydrogen (secondary N) is 2. The lowest BCUT2D eigenvalue weighted by Gasteiger charge is -2.15. The summed E-state index contributed by atoms with van der Waals surface area (Å²) in [6.07, 6.45) is 6.16. The number of amides is 1. The molecule has 0 saturated heterocycles. The molecule has 0 aromatic heterocycles. The summed E-state index contributed by atoms with van der Waals surface area (Å²) < 4.78 is 26.7. The number of rotatable bonds is 10. The van der Waals surface area contributed by atoms with Crippen LogP contribution >= 0.6 is 0 Å². The van der Waals surface area contributed by atoms with Crippen molar-refractivity contribution in [1.82, 2.24) is 5.32 Å². The van der Waals surface area contributed by atoms with Crippen molar-refractivity contribution in [2.75, 3.05) is 5.32 Å². The smallest absolute Gasteiger partial charge is 0.270 e. The Hall–Kier alpha value is -3.61. The van der Waals surface area contributed by atoms with E-state index in [-0.39, 0.29) is 23.2 Å². The van der Waals surface area contributed by atoms with Gasteiger partial charge in [-0.3, -0.25) is 9.79 Å². The molecule has 1 unspecified atom stereocenters. The van der Waals surface area contributed by atoms with Gasteiger partial charge in [-0.2, -0.15) is 0 Å². The Morgan fingerprint density at radius 2 is 1.73 bits per heavy atom. The van der Waals surface area contributed by atoms with Gasteiger partial charge in [-0.15, -0.1) is 0 Å². The average molecular weight is 455 g/mol. The minimum atomic E-state index is -2.88. The number of nitrogens with zero attached hydrogens (tertiary/aromatic N) is 2. The summed E-state index contributed by atoms with van der Waals surface area (Å²) in [4.78, 5) is 21.0. The maximum atomic E-state index is 13.3. The largest absolute Gasteiger partial charge is 0.344 e. The minimum absolute atomic E-state index is 0.0545. The van der Waals surface area contributed by atoms with Crippen molar-refractivity contribution in [3.05, 3.63) is 90.8 Å². The Morgan fingerprint density at radius 3 is 2.24 bits per heavy atom. The van der Waals surface area contributed by atoms with Crippen molar-refractivity contribution in [2.24, 2.45) is 9.98 Å². The van der Waals surface area contributed by atoms with Crippen molar-refractivity contribution in [2.45, 2.75) is 46.6 Å². The number of alkyl halides is 2. The van der Waals surface area contributed by atoms with E-state index in [0.717, 1.165) is 18.1 Å². The molecule has 176 valence electrons. The SMILES string of the molecule is C=C/N=C(\C=C(/C)C(=C)C=C)C(=O)NC(C)/C(C)=C/N=C(\C)Nc1ccc(C(C)(F)F)cc1. The van der Waals surface area contributed by atoms with E-state index in [0.29, 0.717) is 17.1 Å². The fraction of sp³-hybridized carbons (Fsp3) is 0.269. The standard InChI is InChI=1S/C26H32F2N4O/c1-9-17(3)18(4)15-24(29-10-2)25(33)31-20(6)19(5)16-30-21(7)32-23-13-11-22(12-14-23)26(8,27)28/h9-16,20H,1-3H2,4-8H3,(H,30,32)(H,31,33)/b18-15+,19-16+,29-24+. The predicted octanol–water partition coefficient (Wildman–Crippen LogP) is 6.31. The second-order valence-corrected chi connectivity index (χ2v) is 7.63. The van der Waals surface area contributed by atoms with Crippen molar-refractivity contribution in [1.29, 1.82) is 0 Å². The number of hydrogen-bond donors (Lipinski definition) is 2. The first kappa shape index (κ1) is 27.4. The Morgan fingerprint density at radius 1 is 1.12 bits per heavy atom. The number of allylic oxidation sites excluding steroid dienone is 3. The first-order valence-corrected chi connectivity index (χ1v) is 10.3. The average Bonchev–Trinajstić information content (AvgIpc) is 2.76. The zero-order chi connectivity index (χ0) is 25.2. The molecule has 33 heavy (non-hydrogen) atoms. The summed E-state index contributed by atoms with van der Waals surface area (Å²) in [5.41, 5.74) is 3.06. The second kappa shape index (κ2) is 12.4. The Balaban J connectivity index is 2.85. The first-order chi connectivity index (χ1) is 15.4. The van der Waals surface area contributed by atoms with Gasteiger partial charge in [-0.25, -0.2) is 13.8 Å². The van der Waals surface area contributed by atoms with Crippen LogP contribution in [0.25, 0.3) is 0 Å². The van der Waals surface area contributed by atoms with Crippen LogP contribution in [0, 0.1) is 0 Å². The molecule has 1 rings (SSSR count). The zero-order valence-corrected chi connectivity index (χ0v) is 19.9. The zero-order valence-electron chi connectivity index (χ0n) is 19.9. The van der Waals surface area contributed by atoms with Crippen molar-refractivity contribution < 1.29 is 13.6 Å². The molecule has 2 N–H and O–H groups in total. The number of halogens is 2. The quantitative estimate of drug-likeness (QED) is 0.247. The lowest BCUT2D eigenvalue weighted by Crippen LogP contribution is -2.37. The summed E-state index contributed by atoms with van der Waals surface area (Å²) in [6.45, 7) is 19.2. The molecular formula is C26H32F2N4O. The third-order valence-corrected chi connectivity index (χ3v) is 4.78. The molecule has 0 radical (unpaired) electrons. The van der Waals surface area contributed by atoms with Gasteiger partial charge in [0.1, 0.15) is 11.5 Å². The molecule has 1 amide bonds. The van der Waals surface area contributed by atoms with Crippen LogP contribution in [0.4, 0.5) is 14.5 Å². The molecule has 5 nitrogen and oxygen atoms in total. The van der Waals surface area contributed by atoms with Gasteiger partial charge >= 0.3 is 0 Å². The van der Waals surface area contributed by atoms with Gasteiger partial charge in [0.2, 0.25) is 0 Å². The minimum Gasteiger partial charge on any atom is -0.344 e. The lowest BCUT2D eigenvalue weighted by atomic mass is 10.1. The van der Waals surface area contributed by atoms with Crippen LogP contribution in [-0.4, -0.2) is 23.5 Å². The summed E-state index contributed by atoms with van der Waals surface area (Å²) >= 11 is 0. The number of hydrogen-bond acceptors (Lipinski definition) is 3. The van der Waals surface area contributed by atoms with E-state index in [9.17, 15) is 13.6 Å². The molecule has 0 bridgehead atoms. The number of aliphatic imine (C=N–C) groups is 2. The molecule has 0 fully saturated rings. The van der Waals surface area contributed by atoms with E-state index < -0.39 is 5.92 Å². The van der Waals surface area contributed by atoms with E-state index >= 15 is 0 Å². The Bertz CT molecular complexity index is 1010. The molecule has 0 aliphatic heterocycles. The number of anilines is 1. The van der Waals surface area contributed by atoms with Gasteiger partial charge in [0.15, 0.2) is 0 Å². The molecule has 0 spiro atoms. The topological polar surface area (TPSA) is 65.8 Å². The van der Waals surface area contributed by atoms with E-state index in [1.54, 1.807) is 37.4 Å². The fourth-order valence-corrected chi connectivity index (χ4v) is 2.50. The molecule has 1 aromatic carbocycles. The van der Waals surface area contributed by atoms with E-state index in [4.69, 9.17) is 0 Å². The van der Waals surface area contributed by atoms with Gasteiger partial charge in [-0.05, 0) is 62.6 Å². The molecule has 1 atom stereocenters. The highest BCUT2D eigenvalue weighted by Gasteiger charge is 2.23. The predicted molar refractivity (Wildman–Crippen MR) is 135 cm³/mol. The Labute approximate surface area is 195 Å². The fourth-order valence-electron chi connectivity index (χ4n) is 2.50. The lowest BCUT2D eigenvalue weighted by molar-refractivity contribution is -0.115. The van der Waals surface area contributed by atoms with Crippen LogP contribution in [-0.2, 0) is 10.7 Å². The number of amidine groups is 1. The number of carbonyl (C=O) groups is 1. The molecular weight excluding hydrogens is 422 g/mol. The van der Waals surface area contributed by atoms with Crippen LogP contribution in [0.2, 0.25) is 0 Å². The molecule has 0 aliphatic rings. The summed E-state index contributed by atoms with van der Waals surface area (Å²) in [6, 6.07) is 5.57. The van der Waals surface area contributed by atoms with Crippen molar-refractivity contribution in [3.63, 3.8) is 0 Å². The normalized spacial score (nSPS) is 14.4. The van der Waals surface area contributed by atoms with Gasteiger partial charge < -0.3 is 10.6 Å². The molecule has 0 saturated carbocycles. The third kappa shape index (κ3) is 9.19. The van der Waals surface area contributed by atoms with Crippen LogP contribution in [0.15, 0.2) is 95.3 Å². The highest BCUT2D eigenvalue weighted by molar-refractivity contribution is 6.43. The first-order valence-electron chi connectivity index (χ1n) is 10.3. The van der Waals surface area contributed by atoms with Gasteiger partial charge in [0.25, 0.3) is 11.8 Å². The molecule has 1 aromatic rings. The number of benzene rings is 1. The number of carbonyl (C=O) groups excluding carboxylic acids is 1. The van der Waals surface area contributed by atoms with E-state index in [2.05, 4.69) is 40.4 Å². The van der Waals surface area contributed by atoms with Crippen LogP contribution < -0.4 is 10.6 Å². The highest BCUT2D eigenvalue weighted by atomic mass is 19.3. The van der Waals surface area contributed by atoms with Gasteiger partial charge in [-0.1, -0.05) is 37.9 Å². The maximum Gasteiger partial charge on any atom is 0.270 e. The van der Waals surface area contributed by atoms with Crippen LogP contribution in [0.1, 0.15) is 40.2 Å². The van der Waals surface area contributed by atoms with Crippen LogP contribution in [0.5, 0.6) is 0 Å². The van der Waals surface area contributed by atoms with E-state index in [1.807, 2.05) is 20.8 Å². The van der Waals surface area contributed by atoms with Gasteiger partial charge in [0.05, 0.1) is 0 Å². The Kier molecular flexibility index (Phi) is 10.3. The molecule has 0 aliphatic carbocycles. The summed E-state index contributed by atoms with van der Waals surface area (Å²) in [7, 11) is 0. The summed E-state index contributed by atoms with van der Waals surface area (Å²) in [5, 5.41) is 5.92. The maximum absolute atomic E-state index is 13.3. The highest BCUT2D eigenvalue weighted by Crippen LogP contribution is 2.27. The van der Waals surface area contributed by atoms with Crippen molar-refractivity contribution >= 4 is 23.1 Å². The van der Waals surface area contributed by atoms with Crippen molar-refractivity contribution in [3.8, 4) is 0 Å². The van der Waals surface area contributed by atoms with E-state index in [1.165, 1.54) is 18.3 Å². The third-order valence-electron chi connectivity index (χ3n) is 4.78. The monoisotopic (exact) mass is 454 g/mol. The molecule has 7 heteroatoms. The van der Waals surface area contributed by atoms with Gasteiger partial charge in [0, 0.05) is 36.6 Å².